The van der Waals surface area contributed by atoms with Crippen molar-refractivity contribution >= 4 is 12.7 Å². The lowest BCUT2D eigenvalue weighted by atomic mass is 9.85. The zero-order chi connectivity index (χ0) is 13.4. The lowest BCUT2D eigenvalue weighted by Crippen LogP contribution is -2.41. The van der Waals surface area contributed by atoms with E-state index in [-0.39, 0.29) is 18.3 Å². The Hall–Kier alpha value is -1.06. The Balaban J connectivity index is 2.17. The lowest BCUT2D eigenvalue weighted by Gasteiger charge is -2.32. The first-order chi connectivity index (χ1) is 8.32. The van der Waals surface area contributed by atoms with E-state index in [1.165, 1.54) is 11.1 Å². The number of rotatable bonds is 2. The van der Waals surface area contributed by atoms with Gasteiger partial charge in [-0.05, 0) is 40.2 Å². The van der Waals surface area contributed by atoms with E-state index in [1.54, 1.807) is 0 Å². The number of hydrogen-bond acceptors (Lipinski definition) is 2. The third-order valence-corrected chi connectivity index (χ3v) is 3.89. The fourth-order valence-corrected chi connectivity index (χ4v) is 1.96. The Kier molecular flexibility index (Phi) is 3.39. The molecular formula is C15H21BO2. The third kappa shape index (κ3) is 2.52. The van der Waals surface area contributed by atoms with Gasteiger partial charge in [-0.15, -0.1) is 0 Å². The van der Waals surface area contributed by atoms with Crippen molar-refractivity contribution in [2.45, 2.75) is 45.8 Å². The Morgan fingerprint density at radius 3 is 2.00 bits per heavy atom. The molecule has 0 unspecified atom stereocenters. The Morgan fingerprint density at radius 1 is 1.00 bits per heavy atom. The van der Waals surface area contributed by atoms with Crippen LogP contribution in [0.1, 0.15) is 40.2 Å². The normalized spacial score (nSPS) is 22.3. The Morgan fingerprint density at radius 2 is 1.50 bits per heavy atom. The predicted octanol–water partition coefficient (Wildman–Crippen LogP) is 3.72. The van der Waals surface area contributed by atoms with E-state index in [9.17, 15) is 0 Å². The standard InChI is InChI=1S/C15H21BO2/c1-12(13-9-7-6-8-10-13)11-16-17-14(2,3)15(4,5)18-16/h6-11H,1-5H3/b12-11-. The molecule has 1 saturated heterocycles. The minimum Gasteiger partial charge on any atom is -0.400 e. The Labute approximate surface area is 110 Å². The van der Waals surface area contributed by atoms with Crippen LogP contribution in [0.4, 0.5) is 0 Å². The van der Waals surface area contributed by atoms with Gasteiger partial charge in [0.2, 0.25) is 0 Å². The zero-order valence-electron chi connectivity index (χ0n) is 11.9. The number of allylic oxidation sites excluding steroid dienone is 1. The molecule has 1 aromatic rings. The van der Waals surface area contributed by atoms with Crippen LogP contribution in [0.2, 0.25) is 0 Å². The van der Waals surface area contributed by atoms with E-state index < -0.39 is 0 Å². The van der Waals surface area contributed by atoms with E-state index >= 15 is 0 Å². The molecule has 0 amide bonds. The maximum Gasteiger partial charge on any atom is 0.487 e. The van der Waals surface area contributed by atoms with Gasteiger partial charge in [-0.3, -0.25) is 0 Å². The molecule has 0 spiro atoms. The summed E-state index contributed by atoms with van der Waals surface area (Å²) in [6.45, 7) is 10.4. The average Bonchev–Trinajstić information content (AvgIpc) is 2.48. The molecule has 3 heteroatoms. The molecular weight excluding hydrogens is 223 g/mol. The van der Waals surface area contributed by atoms with Crippen LogP contribution in [0.3, 0.4) is 0 Å². The van der Waals surface area contributed by atoms with Crippen molar-refractivity contribution in [1.82, 2.24) is 0 Å². The molecule has 1 heterocycles. The first kappa shape index (κ1) is 13.4. The highest BCUT2D eigenvalue weighted by molar-refractivity contribution is 6.53. The highest BCUT2D eigenvalue weighted by Crippen LogP contribution is 2.37. The summed E-state index contributed by atoms with van der Waals surface area (Å²) in [5, 5.41) is 0. The predicted molar refractivity (Wildman–Crippen MR) is 76.2 cm³/mol. The maximum atomic E-state index is 5.96. The molecule has 1 aliphatic rings. The molecule has 0 aromatic heterocycles. The second-order valence-corrected chi connectivity index (χ2v) is 5.84. The summed E-state index contributed by atoms with van der Waals surface area (Å²) in [4.78, 5) is 0. The highest BCUT2D eigenvalue weighted by atomic mass is 16.7. The SMILES string of the molecule is C/C(=C/B1OC(C)(C)C(C)(C)O1)c1ccccc1. The molecule has 1 fully saturated rings. The lowest BCUT2D eigenvalue weighted by molar-refractivity contribution is 0.00578. The number of benzene rings is 1. The molecule has 96 valence electrons. The highest BCUT2D eigenvalue weighted by Gasteiger charge is 2.50. The summed E-state index contributed by atoms with van der Waals surface area (Å²) in [6, 6.07) is 10.3. The van der Waals surface area contributed by atoms with Gasteiger partial charge in [-0.25, -0.2) is 0 Å². The molecule has 2 rings (SSSR count). The van der Waals surface area contributed by atoms with Crippen LogP contribution in [0, 0.1) is 0 Å². The summed E-state index contributed by atoms with van der Waals surface area (Å²) in [5.41, 5.74) is 1.83. The second kappa shape index (κ2) is 4.56. The van der Waals surface area contributed by atoms with Gasteiger partial charge in [0.25, 0.3) is 0 Å². The van der Waals surface area contributed by atoms with Crippen molar-refractivity contribution in [3.63, 3.8) is 0 Å². The van der Waals surface area contributed by atoms with Crippen molar-refractivity contribution in [2.75, 3.05) is 0 Å². The monoisotopic (exact) mass is 244 g/mol. The van der Waals surface area contributed by atoms with Crippen LogP contribution in [0.15, 0.2) is 36.3 Å². The smallest absolute Gasteiger partial charge is 0.400 e. The van der Waals surface area contributed by atoms with Gasteiger partial charge in [-0.2, -0.15) is 0 Å². The summed E-state index contributed by atoms with van der Waals surface area (Å²) in [7, 11) is -0.268. The quantitative estimate of drug-likeness (QED) is 0.738. The molecule has 0 radical (unpaired) electrons. The van der Waals surface area contributed by atoms with Crippen molar-refractivity contribution in [3.05, 3.63) is 41.9 Å². The first-order valence-electron chi connectivity index (χ1n) is 6.41. The molecule has 1 aromatic carbocycles. The minimum atomic E-state index is -0.273. The van der Waals surface area contributed by atoms with Gasteiger partial charge >= 0.3 is 7.12 Å². The van der Waals surface area contributed by atoms with Crippen LogP contribution < -0.4 is 0 Å². The van der Waals surface area contributed by atoms with Crippen LogP contribution in [0.25, 0.3) is 5.57 Å². The molecule has 18 heavy (non-hydrogen) atoms. The van der Waals surface area contributed by atoms with E-state index in [1.807, 2.05) is 24.2 Å². The van der Waals surface area contributed by atoms with E-state index in [0.29, 0.717) is 0 Å². The molecule has 0 saturated carbocycles. The van der Waals surface area contributed by atoms with Crippen LogP contribution in [-0.4, -0.2) is 18.3 Å². The second-order valence-electron chi connectivity index (χ2n) is 5.84. The van der Waals surface area contributed by atoms with E-state index in [0.717, 1.165) is 0 Å². The molecule has 2 nitrogen and oxygen atoms in total. The fraction of sp³-hybridized carbons (Fsp3) is 0.467. The zero-order valence-corrected chi connectivity index (χ0v) is 11.9. The van der Waals surface area contributed by atoms with Gasteiger partial charge in [0, 0.05) is 0 Å². The van der Waals surface area contributed by atoms with E-state index in [4.69, 9.17) is 9.31 Å². The summed E-state index contributed by atoms with van der Waals surface area (Å²) >= 11 is 0. The first-order valence-corrected chi connectivity index (χ1v) is 6.41. The maximum absolute atomic E-state index is 5.96. The fourth-order valence-electron chi connectivity index (χ4n) is 1.96. The topological polar surface area (TPSA) is 18.5 Å². The van der Waals surface area contributed by atoms with Gasteiger partial charge in [0.05, 0.1) is 11.2 Å². The van der Waals surface area contributed by atoms with Gasteiger partial charge in [0.15, 0.2) is 0 Å². The van der Waals surface area contributed by atoms with E-state index in [2.05, 4.69) is 46.8 Å². The molecule has 0 bridgehead atoms. The van der Waals surface area contributed by atoms with Crippen molar-refractivity contribution in [2.24, 2.45) is 0 Å². The third-order valence-electron chi connectivity index (χ3n) is 3.89. The van der Waals surface area contributed by atoms with Gasteiger partial charge in [-0.1, -0.05) is 41.9 Å². The number of hydrogen-bond donors (Lipinski definition) is 0. The van der Waals surface area contributed by atoms with Crippen LogP contribution in [0.5, 0.6) is 0 Å². The Bertz CT molecular complexity index is 433. The summed E-state index contributed by atoms with van der Waals surface area (Å²) in [6.07, 6.45) is 0. The van der Waals surface area contributed by atoms with Crippen molar-refractivity contribution < 1.29 is 9.31 Å². The average molecular weight is 244 g/mol. The van der Waals surface area contributed by atoms with Gasteiger partial charge < -0.3 is 9.31 Å². The molecule has 0 aliphatic carbocycles. The van der Waals surface area contributed by atoms with Crippen molar-refractivity contribution in [3.8, 4) is 0 Å². The van der Waals surface area contributed by atoms with Gasteiger partial charge in [0.1, 0.15) is 0 Å². The molecule has 1 aliphatic heterocycles. The molecule has 0 N–H and O–H groups in total. The largest absolute Gasteiger partial charge is 0.487 e. The molecule has 0 atom stereocenters. The minimum absolute atomic E-state index is 0.268. The summed E-state index contributed by atoms with van der Waals surface area (Å²) < 4.78 is 11.9. The van der Waals surface area contributed by atoms with Crippen molar-refractivity contribution in [1.29, 1.82) is 0 Å². The van der Waals surface area contributed by atoms with Crippen LogP contribution in [-0.2, 0) is 9.31 Å². The summed E-state index contributed by atoms with van der Waals surface area (Å²) in [5.74, 6) is 2.05. The van der Waals surface area contributed by atoms with Crippen LogP contribution >= 0.6 is 0 Å².